The lowest BCUT2D eigenvalue weighted by atomic mass is 10.1. The number of carbonyl (C=O) groups excluding carboxylic acids is 1. The molecule has 7 heteroatoms. The van der Waals surface area contributed by atoms with Gasteiger partial charge in [0, 0.05) is 12.1 Å². The molecule has 0 unspecified atom stereocenters. The Hall–Kier alpha value is -2.70. The molecule has 0 aliphatic carbocycles. The van der Waals surface area contributed by atoms with Crippen LogP contribution in [0, 0.1) is 10.1 Å². The van der Waals surface area contributed by atoms with Gasteiger partial charge in [0.05, 0.1) is 16.1 Å². The van der Waals surface area contributed by atoms with E-state index in [0.717, 1.165) is 18.2 Å². The van der Waals surface area contributed by atoms with Crippen molar-refractivity contribution in [2.75, 3.05) is 6.61 Å². The lowest BCUT2D eigenvalue weighted by molar-refractivity contribution is -0.384. The molecule has 0 bridgehead atoms. The first-order chi connectivity index (χ1) is 8.45. The zero-order chi connectivity index (χ0) is 13.7. The van der Waals surface area contributed by atoms with Crippen molar-refractivity contribution >= 4 is 17.6 Å². The zero-order valence-electron chi connectivity index (χ0n) is 9.16. The molecule has 0 aromatic heterocycles. The normalized spacial score (nSPS) is 9.56. The van der Waals surface area contributed by atoms with Crippen LogP contribution in [-0.4, -0.2) is 28.6 Å². The van der Waals surface area contributed by atoms with Crippen LogP contribution in [0.2, 0.25) is 0 Å². The minimum absolute atomic E-state index is 0.0655. The van der Waals surface area contributed by atoms with Crippen molar-refractivity contribution in [3.8, 4) is 0 Å². The molecule has 7 nitrogen and oxygen atoms in total. The molecule has 1 aromatic rings. The fourth-order valence-electron chi connectivity index (χ4n) is 1.18. The number of nitrogens with zero attached hydrogens (tertiary/aromatic N) is 1. The van der Waals surface area contributed by atoms with Gasteiger partial charge in [0.1, 0.15) is 6.61 Å². The summed E-state index contributed by atoms with van der Waals surface area (Å²) in [4.78, 5) is 32.1. The van der Waals surface area contributed by atoms with Crippen LogP contribution in [0.5, 0.6) is 0 Å². The summed E-state index contributed by atoms with van der Waals surface area (Å²) >= 11 is 0. The van der Waals surface area contributed by atoms with Gasteiger partial charge in [-0.25, -0.2) is 9.59 Å². The van der Waals surface area contributed by atoms with Gasteiger partial charge >= 0.3 is 11.9 Å². The summed E-state index contributed by atoms with van der Waals surface area (Å²) in [5.74, 6) is -2.21. The Kier molecular flexibility index (Phi) is 4.14. The van der Waals surface area contributed by atoms with Crippen molar-refractivity contribution < 1.29 is 24.4 Å². The van der Waals surface area contributed by atoms with Crippen LogP contribution < -0.4 is 0 Å². The number of hydrogen-bond donors (Lipinski definition) is 1. The highest BCUT2D eigenvalue weighted by Gasteiger charge is 2.18. The molecule has 1 N–H and O–H groups in total. The Bertz CT molecular complexity index is 490. The lowest BCUT2D eigenvalue weighted by Gasteiger charge is -2.03. The molecular weight excluding hydrogens is 242 g/mol. The second-order valence-electron chi connectivity index (χ2n) is 3.22. The van der Waals surface area contributed by atoms with Gasteiger partial charge in [0.25, 0.3) is 5.69 Å². The van der Waals surface area contributed by atoms with Crippen LogP contribution in [0.3, 0.4) is 0 Å². The fraction of sp³-hybridized carbons (Fsp3) is 0.0909. The molecule has 0 saturated heterocycles. The van der Waals surface area contributed by atoms with Crippen molar-refractivity contribution in [1.82, 2.24) is 0 Å². The van der Waals surface area contributed by atoms with Crippen LogP contribution in [0.4, 0.5) is 5.69 Å². The highest BCUT2D eigenvalue weighted by Crippen LogP contribution is 2.18. The molecule has 0 heterocycles. The quantitative estimate of drug-likeness (QED) is 0.369. The van der Waals surface area contributed by atoms with Gasteiger partial charge in [-0.3, -0.25) is 10.1 Å². The van der Waals surface area contributed by atoms with Gasteiger partial charge in [0.15, 0.2) is 0 Å². The standard InChI is InChI=1S/C11H9NO6/c1-2-3-18-11(15)8-4-7(10(13)14)5-9(6-8)12(16)17/h2,4-6H,1,3H2,(H,13,14). The van der Waals surface area contributed by atoms with E-state index in [1.54, 1.807) is 0 Å². The molecule has 0 spiro atoms. The SMILES string of the molecule is C=CCOC(=O)c1cc(C(=O)O)cc([N+](=O)[O-])c1. The molecule has 0 atom stereocenters. The van der Waals surface area contributed by atoms with Crippen LogP contribution in [0.1, 0.15) is 20.7 Å². The number of nitro groups is 1. The van der Waals surface area contributed by atoms with E-state index >= 15 is 0 Å². The summed E-state index contributed by atoms with van der Waals surface area (Å²) < 4.78 is 4.67. The highest BCUT2D eigenvalue weighted by atomic mass is 16.6. The molecule has 0 aliphatic heterocycles. The molecule has 0 amide bonds. The van der Waals surface area contributed by atoms with Crippen LogP contribution >= 0.6 is 0 Å². The smallest absolute Gasteiger partial charge is 0.338 e. The molecule has 1 rings (SSSR count). The number of nitro benzene ring substituents is 1. The maximum absolute atomic E-state index is 11.5. The second-order valence-corrected chi connectivity index (χ2v) is 3.22. The lowest BCUT2D eigenvalue weighted by Crippen LogP contribution is -2.08. The third-order valence-electron chi connectivity index (χ3n) is 1.94. The third kappa shape index (κ3) is 3.14. The Labute approximate surface area is 101 Å². The largest absolute Gasteiger partial charge is 0.478 e. The van der Waals surface area contributed by atoms with E-state index in [-0.39, 0.29) is 17.7 Å². The number of carboxylic acid groups (broad SMARTS) is 1. The summed E-state index contributed by atoms with van der Waals surface area (Å²) in [6.07, 6.45) is 1.33. The molecular formula is C11H9NO6. The Morgan fingerprint density at radius 3 is 2.50 bits per heavy atom. The zero-order valence-corrected chi connectivity index (χ0v) is 9.16. The highest BCUT2D eigenvalue weighted by molar-refractivity contribution is 5.95. The number of carboxylic acids is 1. The average molecular weight is 251 g/mol. The Morgan fingerprint density at radius 2 is 2.00 bits per heavy atom. The van der Waals surface area contributed by atoms with E-state index < -0.39 is 22.5 Å². The predicted molar refractivity (Wildman–Crippen MR) is 60.5 cm³/mol. The van der Waals surface area contributed by atoms with Gasteiger partial charge in [0.2, 0.25) is 0 Å². The summed E-state index contributed by atoms with van der Waals surface area (Å²) in [5.41, 5.74) is -1.03. The van der Waals surface area contributed by atoms with E-state index in [1.165, 1.54) is 6.08 Å². The molecule has 1 aromatic carbocycles. The Balaban J connectivity index is 3.18. The van der Waals surface area contributed by atoms with E-state index in [9.17, 15) is 19.7 Å². The molecule has 18 heavy (non-hydrogen) atoms. The summed E-state index contributed by atoms with van der Waals surface area (Å²) in [6, 6.07) is 2.84. The number of non-ortho nitro benzene ring substituents is 1. The van der Waals surface area contributed by atoms with Gasteiger partial charge in [-0.05, 0) is 6.07 Å². The number of esters is 1. The minimum atomic E-state index is -1.36. The predicted octanol–water partition coefficient (Wildman–Crippen LogP) is 1.64. The van der Waals surface area contributed by atoms with Gasteiger partial charge in [-0.15, -0.1) is 0 Å². The first-order valence-electron chi connectivity index (χ1n) is 4.76. The van der Waals surface area contributed by atoms with Crippen LogP contribution in [0.15, 0.2) is 30.9 Å². The number of hydrogen-bond acceptors (Lipinski definition) is 5. The molecule has 0 saturated carbocycles. The summed E-state index contributed by atoms with van der Waals surface area (Å²) in [6.45, 7) is 3.27. The number of ether oxygens (including phenoxy) is 1. The average Bonchev–Trinajstić information content (AvgIpc) is 2.35. The van der Waals surface area contributed by atoms with E-state index in [4.69, 9.17) is 5.11 Å². The number of benzene rings is 1. The van der Waals surface area contributed by atoms with Crippen molar-refractivity contribution in [1.29, 1.82) is 0 Å². The topological polar surface area (TPSA) is 107 Å². The van der Waals surface area contributed by atoms with E-state index in [2.05, 4.69) is 11.3 Å². The maximum atomic E-state index is 11.5. The first-order valence-corrected chi connectivity index (χ1v) is 4.76. The van der Waals surface area contributed by atoms with Crippen LogP contribution in [-0.2, 0) is 4.74 Å². The van der Waals surface area contributed by atoms with E-state index in [1.807, 2.05) is 0 Å². The van der Waals surface area contributed by atoms with Crippen molar-refractivity contribution in [2.45, 2.75) is 0 Å². The van der Waals surface area contributed by atoms with E-state index in [0.29, 0.717) is 0 Å². The fourth-order valence-corrected chi connectivity index (χ4v) is 1.18. The Morgan fingerprint density at radius 1 is 1.39 bits per heavy atom. The minimum Gasteiger partial charge on any atom is -0.478 e. The van der Waals surface area contributed by atoms with Crippen LogP contribution in [0.25, 0.3) is 0 Å². The molecule has 94 valence electrons. The van der Waals surface area contributed by atoms with Crippen molar-refractivity contribution in [3.05, 3.63) is 52.1 Å². The van der Waals surface area contributed by atoms with Gasteiger partial charge in [-0.2, -0.15) is 0 Å². The monoisotopic (exact) mass is 251 g/mol. The number of aromatic carboxylic acids is 1. The van der Waals surface area contributed by atoms with Crippen molar-refractivity contribution in [2.24, 2.45) is 0 Å². The first kappa shape index (κ1) is 13.4. The number of rotatable bonds is 5. The summed E-state index contributed by atoms with van der Waals surface area (Å²) in [5, 5.41) is 19.4. The summed E-state index contributed by atoms with van der Waals surface area (Å²) in [7, 11) is 0. The molecule has 0 fully saturated rings. The maximum Gasteiger partial charge on any atom is 0.338 e. The molecule has 0 aliphatic rings. The van der Waals surface area contributed by atoms with Crippen molar-refractivity contribution in [3.63, 3.8) is 0 Å². The van der Waals surface area contributed by atoms with Gasteiger partial charge in [-0.1, -0.05) is 12.7 Å². The molecule has 0 radical (unpaired) electrons. The third-order valence-corrected chi connectivity index (χ3v) is 1.94. The number of carbonyl (C=O) groups is 2. The second kappa shape index (κ2) is 5.58. The van der Waals surface area contributed by atoms with Gasteiger partial charge < -0.3 is 9.84 Å².